The Hall–Kier alpha value is -3.35. The first kappa shape index (κ1) is 25.3. The van der Waals surface area contributed by atoms with Crippen molar-refractivity contribution >= 4 is 17.5 Å². The fourth-order valence-corrected chi connectivity index (χ4v) is 3.86. The van der Waals surface area contributed by atoms with E-state index in [2.05, 4.69) is 15.0 Å². The maximum absolute atomic E-state index is 13.9. The zero-order valence-electron chi connectivity index (χ0n) is 17.7. The van der Waals surface area contributed by atoms with Crippen molar-refractivity contribution < 1.29 is 45.4 Å². The number of primary amides is 1. The molecule has 13 heteroatoms. The van der Waals surface area contributed by atoms with Gasteiger partial charge in [-0.3, -0.25) is 14.6 Å². The minimum Gasteiger partial charge on any atom is -0.434 e. The summed E-state index contributed by atoms with van der Waals surface area (Å²) < 4.78 is 90.9. The van der Waals surface area contributed by atoms with Crippen LogP contribution in [0.25, 0.3) is 0 Å². The summed E-state index contributed by atoms with van der Waals surface area (Å²) in [6.07, 6.45) is -5.66. The van der Waals surface area contributed by atoms with E-state index in [1.54, 1.807) is 0 Å². The third-order valence-corrected chi connectivity index (χ3v) is 5.76. The number of benzene rings is 1. The molecule has 184 valence electrons. The van der Waals surface area contributed by atoms with Crippen molar-refractivity contribution in [3.05, 3.63) is 53.6 Å². The molecule has 3 N–H and O–H groups in total. The normalized spacial score (nSPS) is 24.8. The number of pyridine rings is 1. The number of carbonyl (C=O) groups is 2. The number of aromatic nitrogens is 1. The van der Waals surface area contributed by atoms with E-state index in [0.717, 1.165) is 38.2 Å². The Labute approximate surface area is 189 Å². The molecule has 0 bridgehead atoms. The van der Waals surface area contributed by atoms with Crippen LogP contribution in [0.3, 0.4) is 0 Å². The van der Waals surface area contributed by atoms with Crippen LogP contribution in [0.4, 0.5) is 32.0 Å². The molecule has 4 atom stereocenters. The highest BCUT2D eigenvalue weighted by atomic mass is 19.4. The summed E-state index contributed by atoms with van der Waals surface area (Å²) in [4.78, 5) is 28.0. The number of ether oxygens (including phenoxy) is 2. The highest BCUT2D eigenvalue weighted by Gasteiger charge is 2.65. The van der Waals surface area contributed by atoms with Gasteiger partial charge in [0.25, 0.3) is 11.8 Å². The summed E-state index contributed by atoms with van der Waals surface area (Å²) in [7, 11) is 0. The Kier molecular flexibility index (Phi) is 6.78. The fourth-order valence-electron chi connectivity index (χ4n) is 3.86. The average molecular weight is 491 g/mol. The Bertz CT molecular complexity index is 1100. The Balaban J connectivity index is 2.06. The molecule has 2 amide bonds. The molecule has 1 aliphatic rings. The van der Waals surface area contributed by atoms with E-state index < -0.39 is 59.7 Å². The molecule has 0 aliphatic carbocycles. The number of rotatable bonds is 6. The van der Waals surface area contributed by atoms with Crippen molar-refractivity contribution in [2.75, 3.05) is 5.32 Å². The molecule has 1 aliphatic heterocycles. The van der Waals surface area contributed by atoms with E-state index >= 15 is 0 Å². The molecule has 1 fully saturated rings. The summed E-state index contributed by atoms with van der Waals surface area (Å²) in [5, 5.41) is 2.32. The molecule has 0 unspecified atom stereocenters. The van der Waals surface area contributed by atoms with Gasteiger partial charge in [-0.25, -0.2) is 4.39 Å². The van der Waals surface area contributed by atoms with Crippen LogP contribution in [0.1, 0.15) is 35.8 Å². The molecule has 1 aromatic carbocycles. The summed E-state index contributed by atoms with van der Waals surface area (Å²) in [6, 6.07) is 4.76. The predicted molar refractivity (Wildman–Crippen MR) is 106 cm³/mol. The van der Waals surface area contributed by atoms with Gasteiger partial charge in [0.05, 0.1) is 0 Å². The van der Waals surface area contributed by atoms with Gasteiger partial charge >= 0.3 is 12.8 Å². The maximum Gasteiger partial charge on any atom is 0.417 e. The van der Waals surface area contributed by atoms with Gasteiger partial charge in [-0.2, -0.15) is 22.0 Å². The minimum absolute atomic E-state index is 0.0208. The maximum atomic E-state index is 13.9. The molecule has 34 heavy (non-hydrogen) atoms. The van der Waals surface area contributed by atoms with Crippen LogP contribution >= 0.6 is 0 Å². The first-order chi connectivity index (χ1) is 15.7. The van der Waals surface area contributed by atoms with E-state index in [1.165, 1.54) is 6.07 Å². The lowest BCUT2D eigenvalue weighted by molar-refractivity contribution is -0.272. The van der Waals surface area contributed by atoms with Crippen LogP contribution in [-0.4, -0.2) is 41.3 Å². The van der Waals surface area contributed by atoms with Gasteiger partial charge in [0.2, 0.25) is 0 Å². The summed E-state index contributed by atoms with van der Waals surface area (Å²) in [5.74, 6) is -6.62. The van der Waals surface area contributed by atoms with Crippen LogP contribution in [0.2, 0.25) is 0 Å². The smallest absolute Gasteiger partial charge is 0.417 e. The fraction of sp³-hybridized carbons (Fsp3) is 0.381. The van der Waals surface area contributed by atoms with Crippen molar-refractivity contribution in [1.29, 1.82) is 0 Å². The third-order valence-electron chi connectivity index (χ3n) is 5.76. The second-order valence-electron chi connectivity index (χ2n) is 7.80. The van der Waals surface area contributed by atoms with Gasteiger partial charge < -0.3 is 20.5 Å². The third kappa shape index (κ3) is 4.79. The largest absolute Gasteiger partial charge is 0.434 e. The molecule has 7 nitrogen and oxygen atoms in total. The number of hydrogen-bond acceptors (Lipinski definition) is 5. The first-order valence-corrected chi connectivity index (χ1v) is 9.80. The van der Waals surface area contributed by atoms with E-state index in [1.807, 2.05) is 0 Å². The number of halogens is 6. The molecule has 0 radical (unpaired) electrons. The number of nitrogens with zero attached hydrogens (tertiary/aromatic N) is 1. The SMILES string of the molecule is C[C@@H]1[C@@H](c2ccc(F)cc2OC(F)F)[C@@H](C(=O)Nc2ccnc(C(N)=O)c2)O[C@]1(C)C(F)(F)F. The highest BCUT2D eigenvalue weighted by Crippen LogP contribution is 2.54. The molecule has 2 aromatic rings. The van der Waals surface area contributed by atoms with E-state index in [9.17, 15) is 35.9 Å². The topological polar surface area (TPSA) is 104 Å². The Morgan fingerprint density at radius 3 is 2.50 bits per heavy atom. The van der Waals surface area contributed by atoms with Crippen molar-refractivity contribution in [3.63, 3.8) is 0 Å². The van der Waals surface area contributed by atoms with Crippen LogP contribution in [0, 0.1) is 11.7 Å². The molecule has 2 heterocycles. The van der Waals surface area contributed by atoms with Crippen molar-refractivity contribution in [2.45, 2.75) is 44.3 Å². The highest BCUT2D eigenvalue weighted by molar-refractivity contribution is 5.97. The van der Waals surface area contributed by atoms with Crippen LogP contribution < -0.4 is 15.8 Å². The van der Waals surface area contributed by atoms with Gasteiger partial charge in [-0.1, -0.05) is 13.0 Å². The number of hydrogen-bond donors (Lipinski definition) is 2. The number of nitrogens with two attached hydrogens (primary N) is 1. The molecule has 0 spiro atoms. The lowest BCUT2D eigenvalue weighted by Crippen LogP contribution is -2.47. The summed E-state index contributed by atoms with van der Waals surface area (Å²) in [6.45, 7) is -1.53. The number of anilines is 1. The second-order valence-corrected chi connectivity index (χ2v) is 7.80. The molecule has 1 aromatic heterocycles. The second kappa shape index (κ2) is 9.12. The average Bonchev–Trinajstić information content (AvgIpc) is 3.00. The van der Waals surface area contributed by atoms with Crippen molar-refractivity contribution in [1.82, 2.24) is 4.98 Å². The van der Waals surface area contributed by atoms with Gasteiger partial charge in [0.1, 0.15) is 23.4 Å². The number of carbonyl (C=O) groups excluding carboxylic acids is 2. The Morgan fingerprint density at radius 1 is 1.24 bits per heavy atom. The van der Waals surface area contributed by atoms with E-state index in [0.29, 0.717) is 6.07 Å². The van der Waals surface area contributed by atoms with Crippen LogP contribution in [0.5, 0.6) is 5.75 Å². The van der Waals surface area contributed by atoms with E-state index in [-0.39, 0.29) is 16.9 Å². The quantitative estimate of drug-likeness (QED) is 0.595. The first-order valence-electron chi connectivity index (χ1n) is 9.80. The van der Waals surface area contributed by atoms with E-state index in [4.69, 9.17) is 10.5 Å². The van der Waals surface area contributed by atoms with Gasteiger partial charge in [0.15, 0.2) is 5.60 Å². The molecule has 3 rings (SSSR count). The zero-order valence-corrected chi connectivity index (χ0v) is 17.7. The molecular formula is C21H19F6N3O4. The Morgan fingerprint density at radius 2 is 1.91 bits per heavy atom. The predicted octanol–water partition coefficient (Wildman–Crippen LogP) is 4.00. The standard InChI is InChI=1S/C21H19F6N3O4/c1-9-15(12-4-3-10(22)7-14(12)33-19(23)24)16(34-20(9,2)21(25,26)27)18(32)30-11-5-6-29-13(8-11)17(28)31/h3-9,15-16,19H,1-2H3,(H2,28,31)(H,29,30,32)/t9-,15+,16+,20+/m1/s1. The molecule has 0 saturated carbocycles. The van der Waals surface area contributed by atoms with Gasteiger partial charge in [-0.05, 0) is 25.1 Å². The summed E-state index contributed by atoms with van der Waals surface area (Å²) in [5.41, 5.74) is 1.77. The van der Waals surface area contributed by atoms with Gasteiger partial charge in [-0.15, -0.1) is 0 Å². The monoisotopic (exact) mass is 491 g/mol. The lowest BCUT2D eigenvalue weighted by Gasteiger charge is -2.32. The molecular weight excluding hydrogens is 472 g/mol. The number of amides is 2. The zero-order chi connectivity index (χ0) is 25.4. The van der Waals surface area contributed by atoms with Crippen LogP contribution in [-0.2, 0) is 9.53 Å². The van der Waals surface area contributed by atoms with Crippen molar-refractivity contribution in [3.8, 4) is 5.75 Å². The summed E-state index contributed by atoms with van der Waals surface area (Å²) >= 11 is 0. The van der Waals surface area contributed by atoms with Gasteiger partial charge in [0, 0.05) is 35.3 Å². The minimum atomic E-state index is -4.95. The van der Waals surface area contributed by atoms with Crippen LogP contribution in [0.15, 0.2) is 36.5 Å². The van der Waals surface area contributed by atoms with Crippen molar-refractivity contribution in [2.24, 2.45) is 11.7 Å². The number of alkyl halides is 5. The lowest BCUT2D eigenvalue weighted by atomic mass is 9.77. The molecule has 1 saturated heterocycles. The number of nitrogens with one attached hydrogen (secondary N) is 1.